The van der Waals surface area contributed by atoms with Crippen molar-refractivity contribution < 1.29 is 9.52 Å². The first-order valence-corrected chi connectivity index (χ1v) is 11.5. The number of aromatic nitrogens is 1. The maximum absolute atomic E-state index is 10.3. The van der Waals surface area contributed by atoms with Gasteiger partial charge in [-0.2, -0.15) is 5.26 Å². The minimum absolute atomic E-state index is 0.121. The molecule has 2 aliphatic heterocycles. The van der Waals surface area contributed by atoms with E-state index in [1.54, 1.807) is 12.3 Å². The fourth-order valence-electron chi connectivity index (χ4n) is 5.87. The monoisotopic (exact) mass is 458 g/mol. The molecule has 2 N–H and O–H groups in total. The van der Waals surface area contributed by atoms with Gasteiger partial charge in [-0.25, -0.2) is 4.98 Å². The normalized spacial score (nSPS) is 35.0. The number of fused-ring (bicyclic) bond motifs is 3. The summed E-state index contributed by atoms with van der Waals surface area (Å²) >= 11 is 3.64. The quantitative estimate of drug-likeness (QED) is 0.707. The van der Waals surface area contributed by atoms with Crippen molar-refractivity contribution in [3.8, 4) is 6.07 Å². The summed E-state index contributed by atoms with van der Waals surface area (Å²) in [6.45, 7) is 2.23. The maximum Gasteiger partial charge on any atom is 0.204 e. The zero-order chi connectivity index (χ0) is 20.1. The molecule has 4 heterocycles. The SMILES string of the molecule is CC1C(O)C[C@H]2CC[C@@H]1N2C1CCC(Nc2ncc3oc(C#N)cc3c2Br)CC1. The predicted octanol–water partition coefficient (Wildman–Crippen LogP) is 4.42. The molecule has 2 aromatic heterocycles. The van der Waals surface area contributed by atoms with Crippen LogP contribution < -0.4 is 5.32 Å². The molecule has 0 spiro atoms. The second-order valence-corrected chi connectivity index (χ2v) is 9.77. The van der Waals surface area contributed by atoms with Crippen LogP contribution >= 0.6 is 15.9 Å². The third kappa shape index (κ3) is 3.35. The molecule has 2 bridgehead atoms. The number of piperidine rings is 1. The average molecular weight is 459 g/mol. The smallest absolute Gasteiger partial charge is 0.204 e. The number of pyridine rings is 1. The van der Waals surface area contributed by atoms with E-state index < -0.39 is 0 Å². The Morgan fingerprint density at radius 3 is 2.76 bits per heavy atom. The van der Waals surface area contributed by atoms with Gasteiger partial charge in [-0.15, -0.1) is 0 Å². The molecule has 7 heteroatoms. The zero-order valence-electron chi connectivity index (χ0n) is 16.6. The van der Waals surface area contributed by atoms with Gasteiger partial charge in [0.05, 0.1) is 16.8 Å². The molecule has 2 aromatic rings. The summed E-state index contributed by atoms with van der Waals surface area (Å²) in [6, 6.07) is 5.99. The number of aliphatic hydroxyl groups is 1. The molecule has 4 atom stereocenters. The van der Waals surface area contributed by atoms with Gasteiger partial charge in [0.15, 0.2) is 5.58 Å². The molecule has 29 heavy (non-hydrogen) atoms. The van der Waals surface area contributed by atoms with Crippen LogP contribution in [-0.2, 0) is 0 Å². The van der Waals surface area contributed by atoms with E-state index >= 15 is 0 Å². The third-order valence-electron chi connectivity index (χ3n) is 7.41. The Labute approximate surface area is 179 Å². The van der Waals surface area contributed by atoms with Crippen molar-refractivity contribution in [2.75, 3.05) is 5.32 Å². The molecule has 1 saturated carbocycles. The van der Waals surface area contributed by atoms with Crippen molar-refractivity contribution >= 4 is 32.7 Å². The number of anilines is 1. The van der Waals surface area contributed by atoms with Crippen molar-refractivity contribution in [2.45, 2.75) is 82.1 Å². The van der Waals surface area contributed by atoms with E-state index in [4.69, 9.17) is 9.68 Å². The van der Waals surface area contributed by atoms with Gasteiger partial charge in [-0.05, 0) is 66.8 Å². The van der Waals surface area contributed by atoms with Crippen LogP contribution in [0.4, 0.5) is 5.82 Å². The molecule has 5 rings (SSSR count). The summed E-state index contributed by atoms with van der Waals surface area (Å²) in [6.07, 6.45) is 9.63. The lowest BCUT2D eigenvalue weighted by Crippen LogP contribution is -2.55. The number of nitrogens with one attached hydrogen (secondary N) is 1. The number of furan rings is 1. The fourth-order valence-corrected chi connectivity index (χ4v) is 6.40. The molecule has 6 nitrogen and oxygen atoms in total. The van der Waals surface area contributed by atoms with Gasteiger partial charge in [0.1, 0.15) is 11.9 Å². The van der Waals surface area contributed by atoms with E-state index in [1.807, 2.05) is 6.07 Å². The Kier molecular flexibility index (Phi) is 5.05. The van der Waals surface area contributed by atoms with Crippen LogP contribution in [0.15, 0.2) is 21.2 Å². The Hall–Kier alpha value is -1.62. The van der Waals surface area contributed by atoms with Crippen LogP contribution in [-0.4, -0.2) is 45.3 Å². The van der Waals surface area contributed by atoms with Crippen LogP contribution in [0.5, 0.6) is 0 Å². The molecule has 2 saturated heterocycles. The topological polar surface area (TPSA) is 85.3 Å². The van der Waals surface area contributed by atoms with Gasteiger partial charge in [-0.3, -0.25) is 4.90 Å². The summed E-state index contributed by atoms with van der Waals surface area (Å²) in [4.78, 5) is 7.28. The van der Waals surface area contributed by atoms with E-state index in [0.717, 1.165) is 34.9 Å². The van der Waals surface area contributed by atoms with Crippen LogP contribution in [0, 0.1) is 17.2 Å². The number of hydrogen-bond donors (Lipinski definition) is 2. The molecule has 2 unspecified atom stereocenters. The Morgan fingerprint density at radius 1 is 1.24 bits per heavy atom. The number of nitrogens with zero attached hydrogens (tertiary/aromatic N) is 3. The van der Waals surface area contributed by atoms with Crippen LogP contribution in [0.1, 0.15) is 57.6 Å². The van der Waals surface area contributed by atoms with E-state index in [-0.39, 0.29) is 6.10 Å². The molecule has 3 aliphatic rings. The lowest BCUT2D eigenvalue weighted by atomic mass is 9.83. The number of rotatable bonds is 3. The average Bonchev–Trinajstić information content (AvgIpc) is 3.31. The summed E-state index contributed by atoms with van der Waals surface area (Å²) in [5.74, 6) is 1.52. The molecule has 0 radical (unpaired) electrons. The highest BCUT2D eigenvalue weighted by Gasteiger charge is 2.47. The van der Waals surface area contributed by atoms with Gasteiger partial charge in [0.2, 0.25) is 5.76 Å². The highest BCUT2D eigenvalue weighted by Crippen LogP contribution is 2.43. The second-order valence-electron chi connectivity index (χ2n) is 8.98. The van der Waals surface area contributed by atoms with E-state index in [2.05, 4.69) is 38.1 Å². The van der Waals surface area contributed by atoms with Crippen molar-refractivity contribution in [3.05, 3.63) is 22.5 Å². The fraction of sp³-hybridized carbons (Fsp3) is 0.636. The molecular weight excluding hydrogens is 432 g/mol. The highest BCUT2D eigenvalue weighted by atomic mass is 79.9. The largest absolute Gasteiger partial charge is 0.444 e. The first-order chi connectivity index (χ1) is 14.0. The minimum atomic E-state index is -0.121. The maximum atomic E-state index is 10.3. The lowest BCUT2D eigenvalue weighted by Gasteiger charge is -2.47. The van der Waals surface area contributed by atoms with Gasteiger partial charge < -0.3 is 14.8 Å². The van der Waals surface area contributed by atoms with Gasteiger partial charge in [0.25, 0.3) is 0 Å². The predicted molar refractivity (Wildman–Crippen MR) is 115 cm³/mol. The lowest BCUT2D eigenvalue weighted by molar-refractivity contribution is -0.0386. The zero-order valence-corrected chi connectivity index (χ0v) is 18.2. The van der Waals surface area contributed by atoms with Gasteiger partial charge >= 0.3 is 0 Å². The highest BCUT2D eigenvalue weighted by molar-refractivity contribution is 9.10. The van der Waals surface area contributed by atoms with Crippen LogP contribution in [0.25, 0.3) is 11.0 Å². The summed E-state index contributed by atoms with van der Waals surface area (Å²) < 4.78 is 6.32. The van der Waals surface area contributed by atoms with Crippen molar-refractivity contribution in [2.24, 2.45) is 5.92 Å². The second kappa shape index (κ2) is 7.57. The van der Waals surface area contributed by atoms with E-state index in [9.17, 15) is 5.11 Å². The summed E-state index contributed by atoms with van der Waals surface area (Å²) in [5, 5.41) is 23.9. The third-order valence-corrected chi connectivity index (χ3v) is 8.22. The molecule has 1 aliphatic carbocycles. The summed E-state index contributed by atoms with van der Waals surface area (Å²) in [7, 11) is 0. The van der Waals surface area contributed by atoms with E-state index in [1.165, 1.54) is 25.7 Å². The van der Waals surface area contributed by atoms with Crippen LogP contribution in [0.3, 0.4) is 0 Å². The van der Waals surface area contributed by atoms with Crippen LogP contribution in [0.2, 0.25) is 0 Å². The van der Waals surface area contributed by atoms with Crippen molar-refractivity contribution in [1.29, 1.82) is 5.26 Å². The van der Waals surface area contributed by atoms with Crippen molar-refractivity contribution in [3.63, 3.8) is 0 Å². The van der Waals surface area contributed by atoms with E-state index in [0.29, 0.717) is 41.4 Å². The first kappa shape index (κ1) is 19.3. The van der Waals surface area contributed by atoms with Gasteiger partial charge in [0, 0.05) is 35.6 Å². The number of aliphatic hydroxyl groups excluding tert-OH is 1. The van der Waals surface area contributed by atoms with Crippen molar-refractivity contribution in [1.82, 2.24) is 9.88 Å². The Bertz CT molecular complexity index is 946. The Balaban J connectivity index is 1.24. The standard InChI is InChI=1S/C22H27BrN4O2/c1-12-18-7-6-15(8-19(12)28)27(18)14-4-2-13(3-5-14)26-22-21(23)17-9-16(10-24)29-20(17)11-25-22/h9,11-15,18-19,28H,2-8H2,1H3,(H,25,26)/t12?,13?,14?,15-,18+,19?/m1/s1. The summed E-state index contributed by atoms with van der Waals surface area (Å²) in [5.41, 5.74) is 0.625. The number of nitriles is 1. The number of hydrogen-bond acceptors (Lipinski definition) is 6. The Morgan fingerprint density at radius 2 is 2.00 bits per heavy atom. The molecule has 3 fully saturated rings. The number of halogens is 1. The molecular formula is C22H27BrN4O2. The molecule has 0 aromatic carbocycles. The molecule has 0 amide bonds. The first-order valence-electron chi connectivity index (χ1n) is 10.8. The minimum Gasteiger partial charge on any atom is -0.444 e. The molecule has 154 valence electrons. The van der Waals surface area contributed by atoms with Gasteiger partial charge in [-0.1, -0.05) is 6.92 Å².